The molecule has 0 radical (unpaired) electrons. The van der Waals surface area contributed by atoms with E-state index in [0.29, 0.717) is 53.5 Å². The van der Waals surface area contributed by atoms with Crippen LogP contribution < -0.4 is 9.80 Å². The fraction of sp³-hybridized carbons (Fsp3) is 0.292. The summed E-state index contributed by atoms with van der Waals surface area (Å²) in [4.78, 5) is 54.4. The summed E-state index contributed by atoms with van der Waals surface area (Å²) in [5.41, 5.74) is 2.12. The maximum atomic E-state index is 13.9. The van der Waals surface area contributed by atoms with E-state index < -0.39 is 17.9 Å². The molecular weight excluding hydrogens is 438 g/mol. The van der Waals surface area contributed by atoms with Gasteiger partial charge in [0, 0.05) is 20.1 Å². The number of benzene rings is 2. The highest BCUT2D eigenvalue weighted by atomic mass is 32.2. The van der Waals surface area contributed by atoms with Gasteiger partial charge < -0.3 is 4.90 Å². The molecule has 0 N–H and O–H groups in total. The van der Waals surface area contributed by atoms with E-state index in [9.17, 15) is 14.4 Å². The Labute approximate surface area is 195 Å². The number of hydrogen-bond acceptors (Lipinski definition) is 7. The molecular formula is C24H23N5O3S. The molecule has 2 aromatic carbocycles. The zero-order chi connectivity index (χ0) is 23.1. The summed E-state index contributed by atoms with van der Waals surface area (Å²) in [5.74, 6) is 0.548. The van der Waals surface area contributed by atoms with Crippen LogP contribution >= 0.6 is 11.8 Å². The molecule has 1 aromatic heterocycles. The lowest BCUT2D eigenvalue weighted by atomic mass is 10.1. The zero-order valence-electron chi connectivity index (χ0n) is 18.4. The van der Waals surface area contributed by atoms with Crippen LogP contribution in [0.25, 0.3) is 11.0 Å². The largest absolute Gasteiger partial charge is 0.355 e. The topological polar surface area (TPSA) is 86.7 Å². The Morgan fingerprint density at radius 1 is 0.939 bits per heavy atom. The summed E-state index contributed by atoms with van der Waals surface area (Å²) in [6.45, 7) is 0.970. The average molecular weight is 462 g/mol. The third kappa shape index (κ3) is 3.52. The van der Waals surface area contributed by atoms with Crippen molar-refractivity contribution < 1.29 is 14.4 Å². The minimum atomic E-state index is -0.908. The fourth-order valence-corrected chi connectivity index (χ4v) is 4.82. The lowest BCUT2D eigenvalue weighted by Gasteiger charge is -2.37. The molecule has 0 saturated heterocycles. The number of imide groups is 1. The minimum absolute atomic E-state index is 0.308. The Balaban J connectivity index is 1.55. The molecule has 3 amide bonds. The summed E-state index contributed by atoms with van der Waals surface area (Å²) in [6, 6.07) is 13.3. The SMILES string of the molecule is CSCCC(C(=O)N1CCN(C)c2nc3ccccc3nc21)N1C(=O)c2ccccc2C1=O. The molecule has 33 heavy (non-hydrogen) atoms. The summed E-state index contributed by atoms with van der Waals surface area (Å²) >= 11 is 1.57. The van der Waals surface area contributed by atoms with Crippen LogP contribution in [0.1, 0.15) is 27.1 Å². The molecule has 0 bridgehead atoms. The van der Waals surface area contributed by atoms with Crippen molar-refractivity contribution in [2.75, 3.05) is 41.9 Å². The van der Waals surface area contributed by atoms with Gasteiger partial charge in [-0.1, -0.05) is 24.3 Å². The van der Waals surface area contributed by atoms with Crippen molar-refractivity contribution >= 4 is 52.2 Å². The van der Waals surface area contributed by atoms with Crippen molar-refractivity contribution in [2.24, 2.45) is 0 Å². The molecule has 2 aliphatic heterocycles. The number of aromatic nitrogens is 2. The van der Waals surface area contributed by atoms with Gasteiger partial charge in [-0.05, 0) is 42.7 Å². The predicted octanol–water partition coefficient (Wildman–Crippen LogP) is 2.83. The fourth-order valence-electron chi connectivity index (χ4n) is 4.36. The average Bonchev–Trinajstić information content (AvgIpc) is 3.09. The van der Waals surface area contributed by atoms with Crippen LogP contribution in [0.3, 0.4) is 0 Å². The molecule has 0 fully saturated rings. The first-order chi connectivity index (χ1) is 16.0. The number of carbonyl (C=O) groups excluding carboxylic acids is 3. The van der Waals surface area contributed by atoms with Crippen LogP contribution in [0.5, 0.6) is 0 Å². The molecule has 1 unspecified atom stereocenters. The summed E-state index contributed by atoms with van der Waals surface area (Å²) in [6.07, 6.45) is 2.31. The van der Waals surface area contributed by atoms with Gasteiger partial charge in [-0.3, -0.25) is 24.2 Å². The molecule has 168 valence electrons. The van der Waals surface area contributed by atoms with E-state index in [1.165, 1.54) is 0 Å². The van der Waals surface area contributed by atoms with Gasteiger partial charge in [0.25, 0.3) is 17.7 Å². The van der Waals surface area contributed by atoms with E-state index in [1.807, 2.05) is 42.5 Å². The number of nitrogens with zero attached hydrogens (tertiary/aromatic N) is 5. The second-order valence-electron chi connectivity index (χ2n) is 8.09. The van der Waals surface area contributed by atoms with Crippen LogP contribution in [0.15, 0.2) is 48.5 Å². The molecule has 0 aliphatic carbocycles. The molecule has 8 nitrogen and oxygen atoms in total. The van der Waals surface area contributed by atoms with E-state index >= 15 is 0 Å². The number of thioether (sulfide) groups is 1. The maximum absolute atomic E-state index is 13.9. The van der Waals surface area contributed by atoms with Gasteiger partial charge in [-0.2, -0.15) is 11.8 Å². The van der Waals surface area contributed by atoms with E-state index in [1.54, 1.807) is 40.9 Å². The summed E-state index contributed by atoms with van der Waals surface area (Å²) < 4.78 is 0. The number of carbonyl (C=O) groups is 3. The first kappa shape index (κ1) is 21.4. The van der Waals surface area contributed by atoms with E-state index in [-0.39, 0.29) is 5.91 Å². The Bertz CT molecular complexity index is 1240. The number of para-hydroxylation sites is 2. The van der Waals surface area contributed by atoms with Gasteiger partial charge in [0.15, 0.2) is 11.6 Å². The molecule has 2 aliphatic rings. The Morgan fingerprint density at radius 3 is 2.12 bits per heavy atom. The number of anilines is 2. The number of fused-ring (bicyclic) bond motifs is 3. The van der Waals surface area contributed by atoms with Crippen LogP contribution in [0, 0.1) is 0 Å². The van der Waals surface area contributed by atoms with Gasteiger partial charge in [0.05, 0.1) is 22.2 Å². The van der Waals surface area contributed by atoms with Crippen LogP contribution in [-0.2, 0) is 4.79 Å². The Kier molecular flexibility index (Phi) is 5.49. The van der Waals surface area contributed by atoms with Crippen molar-refractivity contribution in [3.63, 3.8) is 0 Å². The highest BCUT2D eigenvalue weighted by Gasteiger charge is 2.44. The number of amides is 3. The quantitative estimate of drug-likeness (QED) is 0.540. The molecule has 0 saturated carbocycles. The van der Waals surface area contributed by atoms with Gasteiger partial charge in [0.1, 0.15) is 6.04 Å². The standard InChI is InChI=1S/C24H23N5O3S/c1-27-12-13-28(21-20(27)25-17-9-5-6-10-18(17)26-21)24(32)19(11-14-33-2)29-22(30)15-7-3-4-8-16(15)23(29)31/h3-10,19H,11-14H2,1-2H3. The molecule has 3 aromatic rings. The van der Waals surface area contributed by atoms with Crippen molar-refractivity contribution in [2.45, 2.75) is 12.5 Å². The first-order valence-corrected chi connectivity index (χ1v) is 12.2. The van der Waals surface area contributed by atoms with E-state index in [4.69, 9.17) is 9.97 Å². The van der Waals surface area contributed by atoms with Crippen LogP contribution in [-0.4, -0.2) is 70.8 Å². The monoisotopic (exact) mass is 461 g/mol. The smallest absolute Gasteiger partial charge is 0.262 e. The highest BCUT2D eigenvalue weighted by Crippen LogP contribution is 2.33. The predicted molar refractivity (Wildman–Crippen MR) is 129 cm³/mol. The molecule has 1 atom stereocenters. The molecule has 0 spiro atoms. The van der Waals surface area contributed by atoms with Crippen molar-refractivity contribution in [3.05, 3.63) is 59.7 Å². The van der Waals surface area contributed by atoms with Crippen molar-refractivity contribution in [1.82, 2.24) is 14.9 Å². The molecule has 9 heteroatoms. The third-order valence-corrected chi connectivity index (χ3v) is 6.74. The second-order valence-corrected chi connectivity index (χ2v) is 9.08. The van der Waals surface area contributed by atoms with E-state index in [2.05, 4.69) is 0 Å². The van der Waals surface area contributed by atoms with Crippen LogP contribution in [0.2, 0.25) is 0 Å². The number of likely N-dealkylation sites (N-methyl/N-ethyl adjacent to an activating group) is 1. The second kappa shape index (κ2) is 8.47. The minimum Gasteiger partial charge on any atom is -0.355 e. The van der Waals surface area contributed by atoms with Gasteiger partial charge >= 0.3 is 0 Å². The zero-order valence-corrected chi connectivity index (χ0v) is 19.2. The molecule has 5 rings (SSSR count). The number of rotatable bonds is 5. The van der Waals surface area contributed by atoms with Gasteiger partial charge in [-0.25, -0.2) is 9.97 Å². The van der Waals surface area contributed by atoms with Crippen molar-refractivity contribution in [1.29, 1.82) is 0 Å². The highest BCUT2D eigenvalue weighted by molar-refractivity contribution is 7.98. The number of hydrogen-bond donors (Lipinski definition) is 0. The van der Waals surface area contributed by atoms with Crippen LogP contribution in [0.4, 0.5) is 11.6 Å². The first-order valence-electron chi connectivity index (χ1n) is 10.8. The maximum Gasteiger partial charge on any atom is 0.262 e. The third-order valence-electron chi connectivity index (χ3n) is 6.09. The Hall–Kier alpha value is -3.46. The van der Waals surface area contributed by atoms with Crippen molar-refractivity contribution in [3.8, 4) is 0 Å². The molecule has 3 heterocycles. The summed E-state index contributed by atoms with van der Waals surface area (Å²) in [5, 5.41) is 0. The lowest BCUT2D eigenvalue weighted by Crippen LogP contribution is -2.54. The Morgan fingerprint density at radius 2 is 1.52 bits per heavy atom. The summed E-state index contributed by atoms with van der Waals surface area (Å²) in [7, 11) is 1.92. The van der Waals surface area contributed by atoms with Gasteiger partial charge in [0.2, 0.25) is 0 Å². The van der Waals surface area contributed by atoms with E-state index in [0.717, 1.165) is 10.4 Å². The normalized spacial score (nSPS) is 16.2. The van der Waals surface area contributed by atoms with Gasteiger partial charge in [-0.15, -0.1) is 0 Å². The lowest BCUT2D eigenvalue weighted by molar-refractivity contribution is -0.122.